The molecule has 0 saturated carbocycles. The molecule has 0 aliphatic carbocycles. The van der Waals surface area contributed by atoms with Gasteiger partial charge in [-0.2, -0.15) is 0 Å². The second kappa shape index (κ2) is 7.00. The molecule has 0 aliphatic rings. The topological polar surface area (TPSA) is 75.7 Å². The van der Waals surface area contributed by atoms with E-state index in [9.17, 15) is 13.9 Å². The molecule has 7 heteroatoms. The number of halogens is 2. The molecule has 25 heavy (non-hydrogen) atoms. The minimum atomic E-state index is -1.49. The van der Waals surface area contributed by atoms with Crippen LogP contribution < -0.4 is 0 Å². The second-order valence-corrected chi connectivity index (χ2v) is 5.42. The number of aromatic nitrogens is 1. The third kappa shape index (κ3) is 3.52. The first-order chi connectivity index (χ1) is 12.0. The Bertz CT molecular complexity index is 857. The molecule has 0 radical (unpaired) electrons. The van der Waals surface area contributed by atoms with Crippen molar-refractivity contribution in [1.82, 2.24) is 5.16 Å². The van der Waals surface area contributed by atoms with Crippen molar-refractivity contribution in [1.29, 1.82) is 0 Å². The second-order valence-electron chi connectivity index (χ2n) is 5.42. The van der Waals surface area contributed by atoms with Crippen molar-refractivity contribution in [2.45, 2.75) is 19.8 Å². The van der Waals surface area contributed by atoms with Crippen molar-refractivity contribution >= 4 is 0 Å². The summed E-state index contributed by atoms with van der Waals surface area (Å²) >= 11 is 0. The lowest BCUT2D eigenvalue weighted by atomic mass is 10.1. The van der Waals surface area contributed by atoms with Crippen molar-refractivity contribution in [3.05, 3.63) is 71.0 Å². The van der Waals surface area contributed by atoms with E-state index < -0.39 is 35.8 Å². The molecule has 5 nitrogen and oxygen atoms in total. The van der Waals surface area contributed by atoms with Crippen molar-refractivity contribution in [2.24, 2.45) is 0 Å². The highest BCUT2D eigenvalue weighted by Gasteiger charge is 2.23. The highest BCUT2D eigenvalue weighted by molar-refractivity contribution is 5.63. The summed E-state index contributed by atoms with van der Waals surface area (Å²) in [5.74, 6) is -2.12. The fraction of sp³-hybridized carbons (Fsp3) is 0.167. The quantitative estimate of drug-likeness (QED) is 0.686. The SMILES string of the molecule is Cc1onc(-c2ccccc2)c1C(O)OCc1c(F)cc(O)cc1F. The molecule has 0 amide bonds. The molecule has 1 atom stereocenters. The van der Waals surface area contributed by atoms with Gasteiger partial charge in [0.15, 0.2) is 6.29 Å². The maximum atomic E-state index is 13.7. The van der Waals surface area contributed by atoms with Crippen LogP contribution in [0.3, 0.4) is 0 Å². The molecule has 130 valence electrons. The van der Waals surface area contributed by atoms with E-state index in [1.807, 2.05) is 6.07 Å². The summed E-state index contributed by atoms with van der Waals surface area (Å²) in [7, 11) is 0. The van der Waals surface area contributed by atoms with Crippen molar-refractivity contribution < 1.29 is 28.3 Å². The Balaban J connectivity index is 1.83. The smallest absolute Gasteiger partial charge is 0.187 e. The summed E-state index contributed by atoms with van der Waals surface area (Å²) in [6.07, 6.45) is -1.49. The Labute approximate surface area is 142 Å². The van der Waals surface area contributed by atoms with Crippen LogP contribution in [-0.4, -0.2) is 15.4 Å². The third-order valence-corrected chi connectivity index (χ3v) is 3.71. The number of ether oxygens (including phenoxy) is 1. The summed E-state index contributed by atoms with van der Waals surface area (Å²) < 4.78 is 37.8. The number of hydrogen-bond donors (Lipinski definition) is 2. The van der Waals surface area contributed by atoms with Crippen LogP contribution in [-0.2, 0) is 11.3 Å². The first kappa shape index (κ1) is 17.1. The van der Waals surface area contributed by atoms with Crippen LogP contribution in [0.1, 0.15) is 23.2 Å². The summed E-state index contributed by atoms with van der Waals surface area (Å²) in [6.45, 7) is 1.07. The maximum absolute atomic E-state index is 13.7. The lowest BCUT2D eigenvalue weighted by molar-refractivity contribution is -0.113. The predicted molar refractivity (Wildman–Crippen MR) is 84.4 cm³/mol. The number of phenolic OH excluding ortho intramolecular Hbond substituents is 1. The predicted octanol–water partition coefficient (Wildman–Crippen LogP) is 3.84. The number of aryl methyl sites for hydroxylation is 1. The van der Waals surface area contributed by atoms with E-state index in [0.717, 1.165) is 12.1 Å². The molecule has 2 aromatic carbocycles. The molecule has 3 rings (SSSR count). The van der Waals surface area contributed by atoms with Crippen LogP contribution in [0.25, 0.3) is 11.3 Å². The van der Waals surface area contributed by atoms with Crippen molar-refractivity contribution in [3.8, 4) is 17.0 Å². The zero-order valence-corrected chi connectivity index (χ0v) is 13.2. The number of aliphatic hydroxyl groups excluding tert-OH is 1. The Morgan fingerprint density at radius 1 is 1.16 bits per heavy atom. The van der Waals surface area contributed by atoms with E-state index in [0.29, 0.717) is 17.0 Å². The molecule has 0 aliphatic heterocycles. The molecule has 0 spiro atoms. The molecular weight excluding hydrogens is 332 g/mol. The lowest BCUT2D eigenvalue weighted by Gasteiger charge is -2.13. The molecule has 3 aromatic rings. The summed E-state index contributed by atoms with van der Waals surface area (Å²) in [5.41, 5.74) is 0.981. The van der Waals surface area contributed by atoms with Crippen LogP contribution in [0.4, 0.5) is 8.78 Å². The van der Waals surface area contributed by atoms with E-state index in [1.165, 1.54) is 0 Å². The summed E-state index contributed by atoms with van der Waals surface area (Å²) in [4.78, 5) is 0. The number of benzene rings is 2. The fourth-order valence-corrected chi connectivity index (χ4v) is 2.45. The van der Waals surface area contributed by atoms with Gasteiger partial charge < -0.3 is 19.5 Å². The summed E-state index contributed by atoms with van der Waals surface area (Å²) in [6, 6.07) is 10.6. The minimum absolute atomic E-state index is 0.283. The van der Waals surface area contributed by atoms with Gasteiger partial charge >= 0.3 is 0 Å². The number of phenols is 1. The van der Waals surface area contributed by atoms with Gasteiger partial charge in [0.2, 0.25) is 0 Å². The van der Waals surface area contributed by atoms with Gasteiger partial charge in [0.1, 0.15) is 28.8 Å². The van der Waals surface area contributed by atoms with E-state index >= 15 is 0 Å². The Hall–Kier alpha value is -2.77. The number of hydrogen-bond acceptors (Lipinski definition) is 5. The standard InChI is InChI=1S/C18H15F2NO4/c1-10-16(17(21-25-10)11-5-3-2-4-6-11)18(23)24-9-13-14(19)7-12(22)8-15(13)20/h2-8,18,22-23H,9H2,1H3. The van der Waals surface area contributed by atoms with E-state index in [4.69, 9.17) is 14.4 Å². The highest BCUT2D eigenvalue weighted by atomic mass is 19.1. The van der Waals surface area contributed by atoms with E-state index in [1.54, 1.807) is 31.2 Å². The molecule has 1 aromatic heterocycles. The van der Waals surface area contributed by atoms with Crippen LogP contribution >= 0.6 is 0 Å². The number of aliphatic hydroxyl groups is 1. The molecular formula is C18H15F2NO4. The van der Waals surface area contributed by atoms with Crippen LogP contribution in [0.2, 0.25) is 0 Å². The van der Waals surface area contributed by atoms with Crippen LogP contribution in [0, 0.1) is 18.6 Å². The molecule has 2 N–H and O–H groups in total. The van der Waals surface area contributed by atoms with E-state index in [2.05, 4.69) is 5.16 Å². The average Bonchev–Trinajstić information content (AvgIpc) is 2.96. The Morgan fingerprint density at radius 2 is 1.80 bits per heavy atom. The largest absolute Gasteiger partial charge is 0.508 e. The zero-order valence-electron chi connectivity index (χ0n) is 13.2. The number of nitrogens with zero attached hydrogens (tertiary/aromatic N) is 1. The average molecular weight is 347 g/mol. The number of aromatic hydroxyl groups is 1. The third-order valence-electron chi connectivity index (χ3n) is 3.71. The minimum Gasteiger partial charge on any atom is -0.508 e. The summed E-state index contributed by atoms with van der Waals surface area (Å²) in [5, 5.41) is 23.4. The van der Waals surface area contributed by atoms with Gasteiger partial charge in [-0.1, -0.05) is 35.5 Å². The van der Waals surface area contributed by atoms with Crippen molar-refractivity contribution in [2.75, 3.05) is 0 Å². The van der Waals surface area contributed by atoms with Gasteiger partial charge in [0.05, 0.1) is 12.2 Å². The lowest BCUT2D eigenvalue weighted by Crippen LogP contribution is -2.07. The van der Waals surface area contributed by atoms with Crippen LogP contribution in [0.5, 0.6) is 5.75 Å². The highest BCUT2D eigenvalue weighted by Crippen LogP contribution is 2.31. The first-order valence-electron chi connectivity index (χ1n) is 7.45. The van der Waals surface area contributed by atoms with Gasteiger partial charge in [-0.05, 0) is 6.92 Å². The molecule has 0 saturated heterocycles. The van der Waals surface area contributed by atoms with Gasteiger partial charge in [-0.3, -0.25) is 0 Å². The van der Waals surface area contributed by atoms with Crippen molar-refractivity contribution in [3.63, 3.8) is 0 Å². The molecule has 0 fully saturated rings. The van der Waals surface area contributed by atoms with Gasteiger partial charge in [0, 0.05) is 23.3 Å². The Morgan fingerprint density at radius 3 is 2.44 bits per heavy atom. The van der Waals surface area contributed by atoms with E-state index in [-0.39, 0.29) is 5.56 Å². The Kier molecular flexibility index (Phi) is 4.78. The first-order valence-corrected chi connectivity index (χ1v) is 7.45. The normalized spacial score (nSPS) is 12.3. The number of rotatable bonds is 5. The van der Waals surface area contributed by atoms with Gasteiger partial charge in [0.25, 0.3) is 0 Å². The van der Waals surface area contributed by atoms with Gasteiger partial charge in [-0.25, -0.2) is 8.78 Å². The molecule has 0 bridgehead atoms. The van der Waals surface area contributed by atoms with Crippen LogP contribution in [0.15, 0.2) is 47.0 Å². The maximum Gasteiger partial charge on any atom is 0.187 e. The monoisotopic (exact) mass is 347 g/mol. The van der Waals surface area contributed by atoms with Gasteiger partial charge in [-0.15, -0.1) is 0 Å². The zero-order chi connectivity index (χ0) is 18.0. The molecule has 1 unspecified atom stereocenters. The molecule has 1 heterocycles. The fourth-order valence-electron chi connectivity index (χ4n) is 2.45.